The molecule has 1 fully saturated rings. The first kappa shape index (κ1) is 33.1. The Morgan fingerprint density at radius 2 is 1.91 bits per heavy atom. The van der Waals surface area contributed by atoms with Crippen LogP contribution in [-0.2, 0) is 31.6 Å². The number of hydrogen-bond donors (Lipinski definition) is 3. The molecular formula is C32H36F2N5O6PS. The van der Waals surface area contributed by atoms with Gasteiger partial charge in [-0.05, 0) is 57.9 Å². The summed E-state index contributed by atoms with van der Waals surface area (Å²) in [4.78, 5) is 35.9. The predicted molar refractivity (Wildman–Crippen MR) is 173 cm³/mol. The topological polar surface area (TPSA) is 135 Å². The summed E-state index contributed by atoms with van der Waals surface area (Å²) in [5.41, 5.74) is 1.02. The molecule has 15 heteroatoms. The highest BCUT2D eigenvalue weighted by atomic mass is 32.1. The van der Waals surface area contributed by atoms with Crippen molar-refractivity contribution in [3.63, 3.8) is 0 Å². The summed E-state index contributed by atoms with van der Waals surface area (Å²) in [7, 11) is -3.98. The van der Waals surface area contributed by atoms with E-state index in [2.05, 4.69) is 15.4 Å². The number of fused-ring (bicyclic) bond motifs is 2. The number of carbonyl (C=O) groups is 2. The second-order valence-corrected chi connectivity index (χ2v) is 15.0. The first-order valence-corrected chi connectivity index (χ1v) is 17.7. The van der Waals surface area contributed by atoms with Gasteiger partial charge >= 0.3 is 13.7 Å². The average molecular weight is 688 g/mol. The van der Waals surface area contributed by atoms with E-state index in [1.54, 1.807) is 56.0 Å². The summed E-state index contributed by atoms with van der Waals surface area (Å²) in [5.74, 6) is -1.97. The fourth-order valence-corrected chi connectivity index (χ4v) is 7.88. The van der Waals surface area contributed by atoms with Crippen LogP contribution in [0, 0.1) is 17.0 Å². The fourth-order valence-electron chi connectivity index (χ4n) is 5.26. The van der Waals surface area contributed by atoms with Crippen molar-refractivity contribution < 1.29 is 36.7 Å². The van der Waals surface area contributed by atoms with Crippen LogP contribution in [0.4, 0.5) is 13.9 Å². The molecule has 1 amide bonds. The van der Waals surface area contributed by atoms with Gasteiger partial charge in [0, 0.05) is 41.3 Å². The molecule has 2 aromatic heterocycles. The quantitative estimate of drug-likeness (QED) is 0.107. The summed E-state index contributed by atoms with van der Waals surface area (Å²) in [6.07, 6.45) is 1.89. The number of ether oxygens (including phenoxy) is 1. The van der Waals surface area contributed by atoms with E-state index >= 15 is 0 Å². The molecule has 1 saturated carbocycles. The Labute approximate surface area is 274 Å². The largest absolute Gasteiger partial charge is 0.462 e. The van der Waals surface area contributed by atoms with Gasteiger partial charge in [-0.3, -0.25) is 14.1 Å². The molecule has 0 radical (unpaired) electrons. The Bertz CT molecular complexity index is 1830. The van der Waals surface area contributed by atoms with Crippen LogP contribution in [-0.4, -0.2) is 58.6 Å². The van der Waals surface area contributed by atoms with E-state index in [1.807, 2.05) is 0 Å². The van der Waals surface area contributed by atoms with E-state index in [4.69, 9.17) is 18.8 Å². The third-order valence-electron chi connectivity index (χ3n) is 8.04. The van der Waals surface area contributed by atoms with Gasteiger partial charge in [-0.1, -0.05) is 29.5 Å². The van der Waals surface area contributed by atoms with Gasteiger partial charge in [0.05, 0.1) is 30.5 Å². The number of thiazole rings is 1. The van der Waals surface area contributed by atoms with Crippen molar-refractivity contribution in [3.05, 3.63) is 76.4 Å². The SMILES string of the molecule is CC(C)OC(=O)[C@H](C)NP(=O)(OCC1(CNc2nc3c(s2)CN(C(=O)c2cc4c(F)cc(F)cc4[nH]2)CC3)CC1)Oc1ccccc1. The minimum Gasteiger partial charge on any atom is -0.462 e. The predicted octanol–water partition coefficient (Wildman–Crippen LogP) is 6.43. The van der Waals surface area contributed by atoms with E-state index in [-0.39, 0.29) is 40.6 Å². The van der Waals surface area contributed by atoms with Crippen molar-refractivity contribution >= 4 is 47.0 Å². The Morgan fingerprint density at radius 3 is 2.64 bits per heavy atom. The van der Waals surface area contributed by atoms with Crippen molar-refractivity contribution in [1.29, 1.82) is 0 Å². The number of benzene rings is 2. The number of carbonyl (C=O) groups excluding carboxylic acids is 2. The monoisotopic (exact) mass is 687 g/mol. The minimum absolute atomic E-state index is 0.116. The van der Waals surface area contributed by atoms with Gasteiger partial charge < -0.3 is 24.5 Å². The van der Waals surface area contributed by atoms with Gasteiger partial charge in [-0.15, -0.1) is 0 Å². The molecule has 3 N–H and O–H groups in total. The lowest BCUT2D eigenvalue weighted by atomic mass is 10.1. The molecule has 0 bridgehead atoms. The molecule has 47 heavy (non-hydrogen) atoms. The lowest BCUT2D eigenvalue weighted by Crippen LogP contribution is -2.36. The van der Waals surface area contributed by atoms with E-state index < -0.39 is 31.4 Å². The van der Waals surface area contributed by atoms with Crippen LogP contribution in [0.15, 0.2) is 48.5 Å². The zero-order chi connectivity index (χ0) is 33.3. The van der Waals surface area contributed by atoms with E-state index in [0.717, 1.165) is 29.5 Å². The van der Waals surface area contributed by atoms with Crippen LogP contribution in [0.25, 0.3) is 10.9 Å². The second kappa shape index (κ2) is 13.3. The number of aromatic nitrogens is 2. The maximum Gasteiger partial charge on any atom is 0.459 e. The summed E-state index contributed by atoms with van der Waals surface area (Å²) < 4.78 is 58.7. The van der Waals surface area contributed by atoms with Crippen LogP contribution in [0.2, 0.25) is 0 Å². The van der Waals surface area contributed by atoms with E-state index in [0.29, 0.717) is 36.9 Å². The van der Waals surface area contributed by atoms with E-state index in [1.165, 1.54) is 23.5 Å². The van der Waals surface area contributed by atoms with Gasteiger partial charge in [0.1, 0.15) is 29.1 Å². The molecule has 0 saturated heterocycles. The summed E-state index contributed by atoms with van der Waals surface area (Å²) >= 11 is 1.45. The van der Waals surface area contributed by atoms with Gasteiger partial charge in [0.15, 0.2) is 5.13 Å². The third-order valence-corrected chi connectivity index (χ3v) is 10.7. The van der Waals surface area contributed by atoms with Crippen LogP contribution >= 0.6 is 19.1 Å². The molecule has 0 spiro atoms. The van der Waals surface area contributed by atoms with Gasteiger partial charge in [-0.25, -0.2) is 18.3 Å². The number of rotatable bonds is 13. The second-order valence-electron chi connectivity index (χ2n) is 12.3. The number of nitrogens with one attached hydrogen (secondary N) is 3. The lowest BCUT2D eigenvalue weighted by Gasteiger charge is -2.25. The van der Waals surface area contributed by atoms with Gasteiger partial charge in [-0.2, -0.15) is 5.09 Å². The first-order valence-electron chi connectivity index (χ1n) is 15.4. The zero-order valence-corrected chi connectivity index (χ0v) is 27.9. The molecular weight excluding hydrogens is 651 g/mol. The number of hydrogen-bond acceptors (Lipinski definition) is 9. The standard InChI is InChI=1S/C32H36F2N5O6PS/c1-19(2)44-30(41)20(3)38-46(42,45-22-7-5-4-6-8-22)43-18-32(10-11-32)17-35-31-37-25-9-12-39(16-28(25)47-31)29(40)27-15-23-24(34)13-21(33)14-26(23)36-27/h4-8,13-15,19-20,36H,9-12,16-18H2,1-3H3,(H,35,37)(H,38,42)/t20-,46?/m0/s1. The highest BCUT2D eigenvalue weighted by Crippen LogP contribution is 2.52. The Hall–Kier alpha value is -3.84. The number of aromatic amines is 1. The highest BCUT2D eigenvalue weighted by molar-refractivity contribution is 7.52. The smallest absolute Gasteiger partial charge is 0.459 e. The van der Waals surface area contributed by atoms with Crippen LogP contribution in [0.3, 0.4) is 0 Å². The molecule has 1 aliphatic carbocycles. The average Bonchev–Trinajstić information content (AvgIpc) is 3.47. The van der Waals surface area contributed by atoms with Crippen molar-refractivity contribution in [3.8, 4) is 5.75 Å². The van der Waals surface area contributed by atoms with Crippen molar-refractivity contribution in [2.45, 2.75) is 58.7 Å². The number of nitrogens with zero attached hydrogens (tertiary/aromatic N) is 2. The van der Waals surface area contributed by atoms with Gasteiger partial charge in [0.25, 0.3) is 5.91 Å². The van der Waals surface area contributed by atoms with Crippen LogP contribution in [0.1, 0.15) is 54.7 Å². The number of anilines is 1. The van der Waals surface area contributed by atoms with Crippen molar-refractivity contribution in [2.75, 3.05) is 25.0 Å². The zero-order valence-electron chi connectivity index (χ0n) is 26.2. The van der Waals surface area contributed by atoms with Crippen LogP contribution in [0.5, 0.6) is 5.75 Å². The summed E-state index contributed by atoms with van der Waals surface area (Å²) in [6, 6.07) is 11.0. The first-order chi connectivity index (χ1) is 22.4. The Kier molecular flexibility index (Phi) is 9.39. The molecule has 2 aromatic carbocycles. The molecule has 4 aromatic rings. The van der Waals surface area contributed by atoms with Crippen molar-refractivity contribution in [2.24, 2.45) is 5.41 Å². The molecule has 250 valence electrons. The van der Waals surface area contributed by atoms with Crippen LogP contribution < -0.4 is 14.9 Å². The highest BCUT2D eigenvalue weighted by Gasteiger charge is 2.46. The fraction of sp³-hybridized carbons (Fsp3) is 0.406. The third kappa shape index (κ3) is 7.83. The molecule has 1 aliphatic heterocycles. The minimum atomic E-state index is -3.98. The molecule has 2 aliphatic rings. The Morgan fingerprint density at radius 1 is 1.15 bits per heavy atom. The summed E-state index contributed by atoms with van der Waals surface area (Å²) in [6.45, 7) is 6.42. The maximum absolute atomic E-state index is 14.2. The number of amides is 1. The summed E-state index contributed by atoms with van der Waals surface area (Å²) in [5, 5.41) is 6.98. The number of H-pyrrole nitrogens is 1. The molecule has 6 rings (SSSR count). The van der Waals surface area contributed by atoms with Gasteiger partial charge in [0.2, 0.25) is 0 Å². The number of esters is 1. The molecule has 3 heterocycles. The van der Waals surface area contributed by atoms with E-state index in [9.17, 15) is 22.9 Å². The van der Waals surface area contributed by atoms with Crippen molar-refractivity contribution in [1.82, 2.24) is 20.0 Å². The maximum atomic E-state index is 14.2. The number of para-hydroxylation sites is 1. The molecule has 2 atom stereocenters. The Balaban J connectivity index is 1.07. The molecule has 11 nitrogen and oxygen atoms in total. The molecule has 1 unspecified atom stereocenters. The lowest BCUT2D eigenvalue weighted by molar-refractivity contribution is -0.149. The normalized spacial score (nSPS) is 17.2. The number of halogens is 2.